The smallest absolute Gasteiger partial charge is 0.274 e. The van der Waals surface area contributed by atoms with Crippen LogP contribution in [0.2, 0.25) is 0 Å². The molecule has 0 saturated carbocycles. The Morgan fingerprint density at radius 1 is 1.04 bits per heavy atom. The van der Waals surface area contributed by atoms with E-state index in [1.54, 1.807) is 11.3 Å². The number of benzene rings is 1. The van der Waals surface area contributed by atoms with Gasteiger partial charge in [-0.25, -0.2) is 4.68 Å². The van der Waals surface area contributed by atoms with Crippen molar-refractivity contribution >= 4 is 17.2 Å². The first-order valence-electron chi connectivity index (χ1n) is 9.99. The Morgan fingerprint density at radius 3 is 2.46 bits per heavy atom. The SMILES string of the molecule is O=C(c1cc(-c2cccs2)n(-c2ccccc2)n1)N1CC[C@@H]2CNC[C@@H]2CC1. The van der Waals surface area contributed by atoms with Gasteiger partial charge in [-0.2, -0.15) is 5.10 Å². The third-order valence-electron chi connectivity index (χ3n) is 6.01. The highest BCUT2D eigenvalue weighted by Gasteiger charge is 2.32. The summed E-state index contributed by atoms with van der Waals surface area (Å²) in [7, 11) is 0. The number of thiophene rings is 1. The van der Waals surface area contributed by atoms with E-state index >= 15 is 0 Å². The number of amides is 1. The molecule has 4 heterocycles. The molecular formula is C22H24N4OS. The summed E-state index contributed by atoms with van der Waals surface area (Å²) in [6, 6.07) is 16.1. The summed E-state index contributed by atoms with van der Waals surface area (Å²) >= 11 is 1.67. The maximum Gasteiger partial charge on any atom is 0.274 e. The molecule has 28 heavy (non-hydrogen) atoms. The molecule has 2 atom stereocenters. The van der Waals surface area contributed by atoms with E-state index < -0.39 is 0 Å². The van der Waals surface area contributed by atoms with Crippen LogP contribution in [-0.4, -0.2) is 46.8 Å². The minimum atomic E-state index is 0.0559. The Bertz CT molecular complexity index is 936. The van der Waals surface area contributed by atoms with Gasteiger partial charge in [0, 0.05) is 13.1 Å². The fourth-order valence-corrected chi connectivity index (χ4v) is 5.16. The number of hydrogen-bond acceptors (Lipinski definition) is 4. The zero-order chi connectivity index (χ0) is 18.9. The van der Waals surface area contributed by atoms with Crippen LogP contribution in [0.1, 0.15) is 23.3 Å². The molecule has 2 fully saturated rings. The summed E-state index contributed by atoms with van der Waals surface area (Å²) in [4.78, 5) is 16.4. The van der Waals surface area contributed by atoms with Crippen LogP contribution in [0.15, 0.2) is 53.9 Å². The van der Waals surface area contributed by atoms with Crippen LogP contribution in [0.25, 0.3) is 16.3 Å². The fraction of sp³-hybridized carbons (Fsp3) is 0.364. The minimum Gasteiger partial charge on any atom is -0.337 e. The van der Waals surface area contributed by atoms with Crippen molar-refractivity contribution in [2.75, 3.05) is 26.2 Å². The summed E-state index contributed by atoms with van der Waals surface area (Å²) in [5, 5.41) is 10.3. The molecule has 1 aromatic carbocycles. The Balaban J connectivity index is 1.46. The van der Waals surface area contributed by atoms with Gasteiger partial charge >= 0.3 is 0 Å². The molecule has 0 spiro atoms. The van der Waals surface area contributed by atoms with Gasteiger partial charge in [-0.1, -0.05) is 24.3 Å². The van der Waals surface area contributed by atoms with Gasteiger partial charge in [0.25, 0.3) is 5.91 Å². The average molecular weight is 393 g/mol. The Hall–Kier alpha value is -2.44. The molecular weight excluding hydrogens is 368 g/mol. The molecule has 6 heteroatoms. The van der Waals surface area contributed by atoms with Gasteiger partial charge in [0.05, 0.1) is 16.3 Å². The second kappa shape index (κ2) is 7.53. The number of nitrogens with zero attached hydrogens (tertiary/aromatic N) is 3. The number of aromatic nitrogens is 2. The Labute approximate surface area is 169 Å². The standard InChI is InChI=1S/C22H24N4OS/c27-22(25-10-8-16-14-23-15-17(16)9-11-25)19-13-20(21-7-4-12-28-21)26(24-19)18-5-2-1-3-6-18/h1-7,12-13,16-17,23H,8-11,14-15H2/t16-,17+. The molecule has 0 unspecified atom stereocenters. The lowest BCUT2D eigenvalue weighted by Gasteiger charge is -2.19. The highest BCUT2D eigenvalue weighted by molar-refractivity contribution is 7.13. The number of carbonyl (C=O) groups is 1. The third-order valence-corrected chi connectivity index (χ3v) is 6.90. The lowest BCUT2D eigenvalue weighted by atomic mass is 9.92. The highest BCUT2D eigenvalue weighted by atomic mass is 32.1. The molecule has 2 aliphatic rings. The molecule has 5 nitrogen and oxygen atoms in total. The van der Waals surface area contributed by atoms with Crippen LogP contribution < -0.4 is 5.32 Å². The lowest BCUT2D eigenvalue weighted by molar-refractivity contribution is 0.0752. The van der Waals surface area contributed by atoms with Crippen molar-refractivity contribution in [3.05, 3.63) is 59.6 Å². The van der Waals surface area contributed by atoms with E-state index in [-0.39, 0.29) is 5.91 Å². The molecule has 144 valence electrons. The van der Waals surface area contributed by atoms with Crippen LogP contribution in [0.5, 0.6) is 0 Å². The van der Waals surface area contributed by atoms with Crippen molar-refractivity contribution < 1.29 is 4.79 Å². The van der Waals surface area contributed by atoms with E-state index in [1.165, 1.54) is 0 Å². The maximum absolute atomic E-state index is 13.3. The largest absolute Gasteiger partial charge is 0.337 e. The van der Waals surface area contributed by atoms with Gasteiger partial charge in [-0.05, 0) is 67.4 Å². The van der Waals surface area contributed by atoms with Gasteiger partial charge in [0.1, 0.15) is 0 Å². The van der Waals surface area contributed by atoms with Crippen LogP contribution in [0, 0.1) is 11.8 Å². The summed E-state index contributed by atoms with van der Waals surface area (Å²) in [5.41, 5.74) is 2.49. The third kappa shape index (κ3) is 3.27. The summed E-state index contributed by atoms with van der Waals surface area (Å²) in [6.45, 7) is 3.85. The number of nitrogens with one attached hydrogen (secondary N) is 1. The molecule has 3 aromatic rings. The first-order chi connectivity index (χ1) is 13.8. The van der Waals surface area contributed by atoms with E-state index in [4.69, 9.17) is 5.10 Å². The highest BCUT2D eigenvalue weighted by Crippen LogP contribution is 2.30. The number of para-hydroxylation sites is 1. The maximum atomic E-state index is 13.3. The molecule has 2 saturated heterocycles. The van der Waals surface area contributed by atoms with Gasteiger partial charge in [-0.3, -0.25) is 4.79 Å². The van der Waals surface area contributed by atoms with E-state index in [2.05, 4.69) is 16.8 Å². The quantitative estimate of drug-likeness (QED) is 0.740. The van der Waals surface area contributed by atoms with Crippen LogP contribution in [0.3, 0.4) is 0 Å². The second-order valence-electron chi connectivity index (χ2n) is 7.69. The fourth-order valence-electron chi connectivity index (χ4n) is 4.43. The predicted octanol–water partition coefficient (Wildman–Crippen LogP) is 3.67. The number of hydrogen-bond donors (Lipinski definition) is 1. The first-order valence-corrected chi connectivity index (χ1v) is 10.9. The molecule has 0 bridgehead atoms. The predicted molar refractivity (Wildman–Crippen MR) is 112 cm³/mol. The molecule has 2 aliphatic heterocycles. The number of likely N-dealkylation sites (tertiary alicyclic amines) is 1. The van der Waals surface area contributed by atoms with Gasteiger partial charge in [0.2, 0.25) is 0 Å². The number of carbonyl (C=O) groups excluding carboxylic acids is 1. The number of fused-ring (bicyclic) bond motifs is 1. The van der Waals surface area contributed by atoms with Crippen molar-refractivity contribution in [1.29, 1.82) is 0 Å². The summed E-state index contributed by atoms with van der Waals surface area (Å²) in [6.07, 6.45) is 2.17. The zero-order valence-corrected chi connectivity index (χ0v) is 16.6. The van der Waals surface area contributed by atoms with Crippen LogP contribution in [0.4, 0.5) is 0 Å². The summed E-state index contributed by atoms with van der Waals surface area (Å²) < 4.78 is 1.90. The van der Waals surface area contributed by atoms with E-state index in [0.29, 0.717) is 17.5 Å². The van der Waals surface area contributed by atoms with E-state index in [0.717, 1.165) is 55.3 Å². The van der Waals surface area contributed by atoms with Crippen LogP contribution >= 0.6 is 11.3 Å². The summed E-state index contributed by atoms with van der Waals surface area (Å²) in [5.74, 6) is 1.48. The zero-order valence-electron chi connectivity index (χ0n) is 15.8. The van der Waals surface area contributed by atoms with Crippen LogP contribution in [-0.2, 0) is 0 Å². The Kier molecular flexibility index (Phi) is 4.74. The molecule has 0 radical (unpaired) electrons. The van der Waals surface area contributed by atoms with E-state index in [1.807, 2.05) is 52.0 Å². The van der Waals surface area contributed by atoms with Crippen molar-refractivity contribution in [3.8, 4) is 16.3 Å². The molecule has 5 rings (SSSR count). The lowest BCUT2D eigenvalue weighted by Crippen LogP contribution is -2.33. The van der Waals surface area contributed by atoms with Gasteiger partial charge in [0.15, 0.2) is 5.69 Å². The van der Waals surface area contributed by atoms with Crippen molar-refractivity contribution in [1.82, 2.24) is 20.0 Å². The van der Waals surface area contributed by atoms with Crippen molar-refractivity contribution in [3.63, 3.8) is 0 Å². The average Bonchev–Trinajstić information content (AvgIpc) is 3.47. The monoisotopic (exact) mass is 392 g/mol. The Morgan fingerprint density at radius 2 is 1.79 bits per heavy atom. The topological polar surface area (TPSA) is 50.2 Å². The molecule has 1 amide bonds. The van der Waals surface area contributed by atoms with Gasteiger partial charge < -0.3 is 10.2 Å². The second-order valence-corrected chi connectivity index (χ2v) is 8.64. The number of rotatable bonds is 3. The minimum absolute atomic E-state index is 0.0559. The molecule has 0 aliphatic carbocycles. The van der Waals surface area contributed by atoms with Gasteiger partial charge in [-0.15, -0.1) is 11.3 Å². The molecule has 2 aromatic heterocycles. The van der Waals surface area contributed by atoms with Crippen molar-refractivity contribution in [2.24, 2.45) is 11.8 Å². The molecule has 1 N–H and O–H groups in total. The van der Waals surface area contributed by atoms with Crippen molar-refractivity contribution in [2.45, 2.75) is 12.8 Å². The first kappa shape index (κ1) is 17.6. The van der Waals surface area contributed by atoms with E-state index in [9.17, 15) is 4.79 Å². The normalized spacial score (nSPS) is 22.1.